The second-order valence-corrected chi connectivity index (χ2v) is 7.35. The molecular weight excluding hydrogens is 386 g/mol. The molecule has 158 valence electrons. The molecule has 9 heteroatoms. The van der Waals surface area contributed by atoms with Crippen molar-refractivity contribution in [3.05, 3.63) is 36.4 Å². The largest absolute Gasteiger partial charge is 0.497 e. The summed E-state index contributed by atoms with van der Waals surface area (Å²) in [6.45, 7) is 2.93. The van der Waals surface area contributed by atoms with E-state index < -0.39 is 0 Å². The number of aromatic nitrogens is 2. The van der Waals surface area contributed by atoms with E-state index in [0.717, 1.165) is 11.5 Å². The Morgan fingerprint density at radius 2 is 1.83 bits per heavy atom. The molecule has 4 rings (SSSR count). The van der Waals surface area contributed by atoms with Crippen LogP contribution in [0, 0.1) is 5.92 Å². The van der Waals surface area contributed by atoms with Crippen LogP contribution in [-0.2, 0) is 9.59 Å². The SMILES string of the molecule is COc1cccc(N2CC(C(=O)N3CCN(c4ccc(OC)nn4)CC3)CC2=O)c1. The van der Waals surface area contributed by atoms with E-state index in [9.17, 15) is 9.59 Å². The monoisotopic (exact) mass is 411 g/mol. The molecule has 2 fully saturated rings. The highest BCUT2D eigenvalue weighted by atomic mass is 16.5. The van der Waals surface area contributed by atoms with E-state index >= 15 is 0 Å². The normalized spacial score (nSPS) is 19.2. The summed E-state index contributed by atoms with van der Waals surface area (Å²) in [6.07, 6.45) is 0.236. The van der Waals surface area contributed by atoms with E-state index in [1.54, 1.807) is 25.2 Å². The number of ether oxygens (including phenoxy) is 2. The van der Waals surface area contributed by atoms with Gasteiger partial charge >= 0.3 is 0 Å². The number of methoxy groups -OCH3 is 2. The molecular formula is C21H25N5O4. The predicted octanol–water partition coefficient (Wildman–Crippen LogP) is 1.20. The lowest BCUT2D eigenvalue weighted by molar-refractivity contribution is -0.136. The Kier molecular flexibility index (Phi) is 5.69. The molecule has 0 spiro atoms. The summed E-state index contributed by atoms with van der Waals surface area (Å²) < 4.78 is 10.3. The maximum absolute atomic E-state index is 13.0. The van der Waals surface area contributed by atoms with Crippen LogP contribution in [-0.4, -0.2) is 73.9 Å². The van der Waals surface area contributed by atoms with Gasteiger partial charge < -0.3 is 24.2 Å². The van der Waals surface area contributed by atoms with E-state index in [1.807, 2.05) is 35.2 Å². The molecule has 0 aliphatic carbocycles. The number of benzene rings is 1. The van der Waals surface area contributed by atoms with Crippen molar-refractivity contribution in [2.24, 2.45) is 5.92 Å². The van der Waals surface area contributed by atoms with Crippen LogP contribution in [0.3, 0.4) is 0 Å². The molecule has 2 saturated heterocycles. The summed E-state index contributed by atoms with van der Waals surface area (Å²) in [7, 11) is 3.14. The van der Waals surface area contributed by atoms with E-state index in [4.69, 9.17) is 9.47 Å². The molecule has 0 saturated carbocycles. The molecule has 9 nitrogen and oxygen atoms in total. The van der Waals surface area contributed by atoms with Gasteiger partial charge in [-0.15, -0.1) is 10.2 Å². The fourth-order valence-electron chi connectivity index (χ4n) is 3.91. The first kappa shape index (κ1) is 19.9. The van der Waals surface area contributed by atoms with E-state index in [0.29, 0.717) is 44.4 Å². The minimum absolute atomic E-state index is 0.0336. The third kappa shape index (κ3) is 4.00. The van der Waals surface area contributed by atoms with E-state index in [1.165, 1.54) is 0 Å². The third-order valence-electron chi connectivity index (χ3n) is 5.59. The Morgan fingerprint density at radius 3 is 2.50 bits per heavy atom. The summed E-state index contributed by atoms with van der Waals surface area (Å²) in [6, 6.07) is 11.0. The molecule has 1 aromatic heterocycles. The summed E-state index contributed by atoms with van der Waals surface area (Å²) in [5, 5.41) is 8.17. The zero-order valence-electron chi connectivity index (χ0n) is 17.2. The van der Waals surface area contributed by atoms with Crippen LogP contribution < -0.4 is 19.3 Å². The molecule has 0 radical (unpaired) electrons. The maximum atomic E-state index is 13.0. The van der Waals surface area contributed by atoms with Crippen LogP contribution in [0.2, 0.25) is 0 Å². The summed E-state index contributed by atoms with van der Waals surface area (Å²) in [4.78, 5) is 31.2. The summed E-state index contributed by atoms with van der Waals surface area (Å²) >= 11 is 0. The number of anilines is 2. The van der Waals surface area contributed by atoms with Gasteiger partial charge in [0.25, 0.3) is 0 Å². The zero-order valence-corrected chi connectivity index (χ0v) is 17.2. The number of nitrogens with zero attached hydrogens (tertiary/aromatic N) is 5. The smallest absolute Gasteiger partial charge is 0.233 e. The van der Waals surface area contributed by atoms with Gasteiger partial charge in [0.1, 0.15) is 5.75 Å². The summed E-state index contributed by atoms with van der Waals surface area (Å²) in [5.41, 5.74) is 0.762. The van der Waals surface area contributed by atoms with Gasteiger partial charge in [0, 0.05) is 57.0 Å². The first-order chi connectivity index (χ1) is 14.6. The topological polar surface area (TPSA) is 88.1 Å². The van der Waals surface area contributed by atoms with Crippen molar-refractivity contribution in [3.63, 3.8) is 0 Å². The molecule has 2 aliphatic heterocycles. The average molecular weight is 411 g/mol. The highest BCUT2D eigenvalue weighted by Gasteiger charge is 2.38. The van der Waals surface area contributed by atoms with Crippen LogP contribution in [0.1, 0.15) is 6.42 Å². The number of piperazine rings is 1. The van der Waals surface area contributed by atoms with Crippen molar-refractivity contribution < 1.29 is 19.1 Å². The lowest BCUT2D eigenvalue weighted by Crippen LogP contribution is -2.51. The minimum Gasteiger partial charge on any atom is -0.497 e. The number of carbonyl (C=O) groups is 2. The van der Waals surface area contributed by atoms with Gasteiger partial charge in [0.05, 0.1) is 20.1 Å². The number of amides is 2. The highest BCUT2D eigenvalue weighted by molar-refractivity contribution is 6.00. The molecule has 0 bridgehead atoms. The quantitative estimate of drug-likeness (QED) is 0.730. The lowest BCUT2D eigenvalue weighted by atomic mass is 10.1. The number of rotatable bonds is 5. The van der Waals surface area contributed by atoms with Crippen molar-refractivity contribution in [1.29, 1.82) is 0 Å². The molecule has 1 unspecified atom stereocenters. The van der Waals surface area contributed by atoms with Crippen molar-refractivity contribution in [3.8, 4) is 11.6 Å². The van der Waals surface area contributed by atoms with Gasteiger partial charge in [0.2, 0.25) is 17.7 Å². The van der Waals surface area contributed by atoms with Gasteiger partial charge in [-0.2, -0.15) is 0 Å². The highest BCUT2D eigenvalue weighted by Crippen LogP contribution is 2.29. The molecule has 2 aliphatic rings. The first-order valence-corrected chi connectivity index (χ1v) is 9.95. The molecule has 3 heterocycles. The molecule has 2 amide bonds. The molecule has 1 atom stereocenters. The molecule has 1 aromatic carbocycles. The van der Waals surface area contributed by atoms with Crippen molar-refractivity contribution >= 4 is 23.3 Å². The number of carbonyl (C=O) groups excluding carboxylic acids is 2. The average Bonchev–Trinajstić information content (AvgIpc) is 3.20. The van der Waals surface area contributed by atoms with Gasteiger partial charge in [-0.1, -0.05) is 6.07 Å². The van der Waals surface area contributed by atoms with Crippen molar-refractivity contribution in [2.75, 3.05) is 56.7 Å². The van der Waals surface area contributed by atoms with Crippen LogP contribution in [0.25, 0.3) is 0 Å². The Morgan fingerprint density at radius 1 is 1.03 bits per heavy atom. The van der Waals surface area contributed by atoms with Crippen LogP contribution in [0.5, 0.6) is 11.6 Å². The first-order valence-electron chi connectivity index (χ1n) is 9.95. The minimum atomic E-state index is -0.323. The second kappa shape index (κ2) is 8.56. The lowest BCUT2D eigenvalue weighted by Gasteiger charge is -2.36. The maximum Gasteiger partial charge on any atom is 0.233 e. The molecule has 30 heavy (non-hydrogen) atoms. The molecule has 2 aromatic rings. The van der Waals surface area contributed by atoms with Crippen LogP contribution >= 0.6 is 0 Å². The molecule has 0 N–H and O–H groups in total. The van der Waals surface area contributed by atoms with Crippen LogP contribution in [0.15, 0.2) is 36.4 Å². The third-order valence-corrected chi connectivity index (χ3v) is 5.59. The second-order valence-electron chi connectivity index (χ2n) is 7.35. The number of hydrogen-bond donors (Lipinski definition) is 0. The van der Waals surface area contributed by atoms with Gasteiger partial charge in [-0.05, 0) is 18.2 Å². The Balaban J connectivity index is 1.35. The van der Waals surface area contributed by atoms with Gasteiger partial charge in [-0.25, -0.2) is 0 Å². The van der Waals surface area contributed by atoms with Crippen molar-refractivity contribution in [1.82, 2.24) is 15.1 Å². The Hall–Kier alpha value is -3.36. The van der Waals surface area contributed by atoms with Crippen LogP contribution in [0.4, 0.5) is 11.5 Å². The predicted molar refractivity (Wildman–Crippen MR) is 111 cm³/mol. The zero-order chi connectivity index (χ0) is 21.1. The van der Waals surface area contributed by atoms with E-state index in [-0.39, 0.29) is 24.2 Å². The Bertz CT molecular complexity index is 912. The van der Waals surface area contributed by atoms with E-state index in [2.05, 4.69) is 15.1 Å². The fourth-order valence-corrected chi connectivity index (χ4v) is 3.91. The van der Waals surface area contributed by atoms with Gasteiger partial charge in [0.15, 0.2) is 5.82 Å². The fraction of sp³-hybridized carbons (Fsp3) is 0.429. The Labute approximate surface area is 175 Å². The summed E-state index contributed by atoms with van der Waals surface area (Å²) in [5.74, 6) is 1.61. The van der Waals surface area contributed by atoms with Gasteiger partial charge in [-0.3, -0.25) is 9.59 Å². The van der Waals surface area contributed by atoms with Crippen molar-refractivity contribution in [2.45, 2.75) is 6.42 Å². The standard InChI is InChI=1S/C21H25N5O4/c1-29-17-5-3-4-16(13-17)26-14-15(12-20(26)27)21(28)25-10-8-24(9-11-25)18-6-7-19(30-2)23-22-18/h3-7,13,15H,8-12,14H2,1-2H3. The number of hydrogen-bond acceptors (Lipinski definition) is 7.